The second kappa shape index (κ2) is 9.18. The van der Waals surface area contributed by atoms with E-state index in [1.165, 1.54) is 0 Å². The summed E-state index contributed by atoms with van der Waals surface area (Å²) in [7, 11) is 0. The van der Waals surface area contributed by atoms with Crippen molar-refractivity contribution in [2.75, 3.05) is 26.8 Å². The van der Waals surface area contributed by atoms with Crippen LogP contribution in [0.3, 0.4) is 0 Å². The number of halogens is 1. The summed E-state index contributed by atoms with van der Waals surface area (Å²) in [5.41, 5.74) is 2.21. The number of benzene rings is 1. The van der Waals surface area contributed by atoms with Gasteiger partial charge in [-0.3, -0.25) is 0 Å². The minimum absolute atomic E-state index is 0.242. The smallest absolute Gasteiger partial charge is 0.189 e. The predicted octanol–water partition coefficient (Wildman–Crippen LogP) is 3.64. The molecule has 0 saturated carbocycles. The molecule has 19 heavy (non-hydrogen) atoms. The highest BCUT2D eigenvalue weighted by atomic mass is 79.9. The molecule has 108 valence electrons. The summed E-state index contributed by atoms with van der Waals surface area (Å²) in [4.78, 5) is 0. The maximum atomic E-state index is 5.60. The third-order valence-corrected chi connectivity index (χ3v) is 3.20. The predicted molar refractivity (Wildman–Crippen MR) is 78.1 cm³/mol. The second-order valence-corrected chi connectivity index (χ2v) is 4.41. The van der Waals surface area contributed by atoms with Crippen LogP contribution in [0.5, 0.6) is 11.5 Å². The van der Waals surface area contributed by atoms with E-state index < -0.39 is 0 Å². The highest BCUT2D eigenvalue weighted by Gasteiger charge is 2.09. The van der Waals surface area contributed by atoms with Crippen molar-refractivity contribution in [3.05, 3.63) is 23.3 Å². The molecular formula is C14H21BrO4. The lowest BCUT2D eigenvalue weighted by atomic mass is 10.1. The highest BCUT2D eigenvalue weighted by molar-refractivity contribution is 9.08. The molecule has 4 nitrogen and oxygen atoms in total. The maximum absolute atomic E-state index is 5.60. The Hall–Kier alpha value is -0.780. The highest BCUT2D eigenvalue weighted by Crippen LogP contribution is 2.29. The Morgan fingerprint density at radius 3 is 2.21 bits per heavy atom. The summed E-state index contributed by atoms with van der Waals surface area (Å²) in [6.07, 6.45) is 0. The second-order valence-electron chi connectivity index (χ2n) is 3.85. The fourth-order valence-corrected chi connectivity index (χ4v) is 2.05. The number of hydrogen-bond donors (Lipinski definition) is 0. The van der Waals surface area contributed by atoms with Crippen LogP contribution in [0, 0.1) is 6.92 Å². The van der Waals surface area contributed by atoms with E-state index in [0.29, 0.717) is 13.2 Å². The monoisotopic (exact) mass is 332 g/mol. The van der Waals surface area contributed by atoms with Crippen LogP contribution in [0.4, 0.5) is 0 Å². The molecule has 1 aromatic carbocycles. The summed E-state index contributed by atoms with van der Waals surface area (Å²) in [6, 6.07) is 3.84. The Balaban J connectivity index is 2.78. The molecule has 0 N–H and O–H groups in total. The molecule has 0 aliphatic rings. The van der Waals surface area contributed by atoms with Gasteiger partial charge in [0.2, 0.25) is 0 Å². The molecule has 0 spiro atoms. The number of ether oxygens (including phenoxy) is 4. The van der Waals surface area contributed by atoms with Gasteiger partial charge in [-0.1, -0.05) is 15.9 Å². The molecule has 0 atom stereocenters. The average Bonchev–Trinajstić information content (AvgIpc) is 2.42. The maximum Gasteiger partial charge on any atom is 0.189 e. The van der Waals surface area contributed by atoms with Gasteiger partial charge in [-0.25, -0.2) is 0 Å². The normalized spacial score (nSPS) is 10.5. The first-order valence-corrected chi connectivity index (χ1v) is 7.45. The van der Waals surface area contributed by atoms with Gasteiger partial charge in [0.1, 0.15) is 11.5 Å². The SMILES string of the molecule is CCOCOc1cc(CBr)c(C)c(OCOCC)c1. The van der Waals surface area contributed by atoms with E-state index in [2.05, 4.69) is 15.9 Å². The topological polar surface area (TPSA) is 36.9 Å². The Kier molecular flexibility index (Phi) is 7.86. The van der Waals surface area contributed by atoms with Crippen molar-refractivity contribution in [1.29, 1.82) is 0 Å². The van der Waals surface area contributed by atoms with Gasteiger partial charge in [0, 0.05) is 24.6 Å². The Morgan fingerprint density at radius 2 is 1.63 bits per heavy atom. The molecule has 0 fully saturated rings. The van der Waals surface area contributed by atoms with Crippen molar-refractivity contribution in [2.45, 2.75) is 26.1 Å². The van der Waals surface area contributed by atoms with E-state index in [-0.39, 0.29) is 13.6 Å². The van der Waals surface area contributed by atoms with Crippen molar-refractivity contribution < 1.29 is 18.9 Å². The van der Waals surface area contributed by atoms with Crippen LogP contribution in [-0.4, -0.2) is 26.8 Å². The van der Waals surface area contributed by atoms with Crippen LogP contribution in [0.25, 0.3) is 0 Å². The Morgan fingerprint density at radius 1 is 1.00 bits per heavy atom. The van der Waals surface area contributed by atoms with Crippen LogP contribution in [0.15, 0.2) is 12.1 Å². The Labute approximate surface area is 123 Å². The summed E-state index contributed by atoms with van der Waals surface area (Å²) >= 11 is 3.47. The van der Waals surface area contributed by atoms with Gasteiger partial charge in [-0.05, 0) is 38.0 Å². The lowest BCUT2D eigenvalue weighted by Gasteiger charge is -2.14. The van der Waals surface area contributed by atoms with Gasteiger partial charge < -0.3 is 18.9 Å². The number of hydrogen-bond acceptors (Lipinski definition) is 4. The van der Waals surface area contributed by atoms with E-state index in [0.717, 1.165) is 28.0 Å². The molecular weight excluding hydrogens is 312 g/mol. The fraction of sp³-hybridized carbons (Fsp3) is 0.571. The molecule has 0 amide bonds. The quantitative estimate of drug-likeness (QED) is 0.393. The van der Waals surface area contributed by atoms with E-state index >= 15 is 0 Å². The molecule has 1 aromatic rings. The zero-order valence-corrected chi connectivity index (χ0v) is 13.3. The summed E-state index contributed by atoms with van der Waals surface area (Å²) in [5.74, 6) is 1.51. The molecule has 0 unspecified atom stereocenters. The summed E-state index contributed by atoms with van der Waals surface area (Å²) in [6.45, 7) is 7.63. The minimum atomic E-state index is 0.242. The lowest BCUT2D eigenvalue weighted by Crippen LogP contribution is -2.06. The van der Waals surface area contributed by atoms with Crippen molar-refractivity contribution in [1.82, 2.24) is 0 Å². The number of alkyl halides is 1. The van der Waals surface area contributed by atoms with Gasteiger partial charge >= 0.3 is 0 Å². The summed E-state index contributed by atoms with van der Waals surface area (Å²) in [5, 5.41) is 0.746. The first-order valence-electron chi connectivity index (χ1n) is 6.33. The van der Waals surface area contributed by atoms with Crippen LogP contribution in [0.1, 0.15) is 25.0 Å². The van der Waals surface area contributed by atoms with Gasteiger partial charge in [0.15, 0.2) is 13.6 Å². The standard InChI is InChI=1S/C14H21BrO4/c1-4-16-9-18-13-6-12(8-15)11(3)14(7-13)19-10-17-5-2/h6-7H,4-5,8-10H2,1-3H3. The van der Waals surface area contributed by atoms with Crippen LogP contribution in [-0.2, 0) is 14.8 Å². The first-order chi connectivity index (χ1) is 9.22. The Bertz CT molecular complexity index is 382. The van der Waals surface area contributed by atoms with Crippen molar-refractivity contribution >= 4 is 15.9 Å². The van der Waals surface area contributed by atoms with E-state index in [1.54, 1.807) is 0 Å². The molecule has 0 heterocycles. The molecule has 5 heteroatoms. The molecule has 0 aliphatic heterocycles. The van der Waals surface area contributed by atoms with E-state index in [1.807, 2.05) is 32.9 Å². The molecule has 0 aromatic heterocycles. The van der Waals surface area contributed by atoms with E-state index in [9.17, 15) is 0 Å². The third-order valence-electron chi connectivity index (χ3n) is 2.60. The average molecular weight is 333 g/mol. The molecule has 0 aliphatic carbocycles. The van der Waals surface area contributed by atoms with Gasteiger partial charge in [-0.2, -0.15) is 0 Å². The van der Waals surface area contributed by atoms with Crippen LogP contribution in [0.2, 0.25) is 0 Å². The van der Waals surface area contributed by atoms with Crippen LogP contribution >= 0.6 is 15.9 Å². The zero-order valence-electron chi connectivity index (χ0n) is 11.7. The fourth-order valence-electron chi connectivity index (χ4n) is 1.47. The molecule has 1 rings (SSSR count). The van der Waals surface area contributed by atoms with Gasteiger partial charge in [0.05, 0.1) is 0 Å². The minimum Gasteiger partial charge on any atom is -0.467 e. The van der Waals surface area contributed by atoms with Crippen molar-refractivity contribution in [3.8, 4) is 11.5 Å². The van der Waals surface area contributed by atoms with Crippen molar-refractivity contribution in [2.24, 2.45) is 0 Å². The largest absolute Gasteiger partial charge is 0.467 e. The third kappa shape index (κ3) is 5.38. The molecule has 0 bridgehead atoms. The molecule has 0 radical (unpaired) electrons. The van der Waals surface area contributed by atoms with Gasteiger partial charge in [0.25, 0.3) is 0 Å². The van der Waals surface area contributed by atoms with Gasteiger partial charge in [-0.15, -0.1) is 0 Å². The zero-order chi connectivity index (χ0) is 14.1. The molecule has 0 saturated heterocycles. The first kappa shape index (κ1) is 16.3. The summed E-state index contributed by atoms with van der Waals surface area (Å²) < 4.78 is 21.5. The number of rotatable bonds is 9. The van der Waals surface area contributed by atoms with Crippen LogP contribution < -0.4 is 9.47 Å². The lowest BCUT2D eigenvalue weighted by molar-refractivity contribution is 0.0178. The van der Waals surface area contributed by atoms with Crippen molar-refractivity contribution in [3.63, 3.8) is 0 Å². The van der Waals surface area contributed by atoms with E-state index in [4.69, 9.17) is 18.9 Å².